The fourth-order valence-electron chi connectivity index (χ4n) is 2.20. The fourth-order valence-corrected chi connectivity index (χ4v) is 2.87. The minimum absolute atomic E-state index is 0.248. The van der Waals surface area contributed by atoms with Crippen molar-refractivity contribution in [3.63, 3.8) is 0 Å². The second kappa shape index (κ2) is 8.36. The maximum atomic E-state index is 12.1. The number of rotatable bonds is 5. The van der Waals surface area contributed by atoms with Gasteiger partial charge in [-0.3, -0.25) is 9.48 Å². The van der Waals surface area contributed by atoms with E-state index in [1.165, 1.54) is 6.21 Å². The van der Waals surface area contributed by atoms with Crippen molar-refractivity contribution in [1.29, 1.82) is 0 Å². The first-order valence-corrected chi connectivity index (χ1v) is 8.71. The standard InChI is InChI=1S/C18H13Cl3N4O/c19-14-3-1-2-12(8-14)10-22-23-18(26)17-6-7-25(24-17)11-13-4-5-15(20)9-16(13)21/h1-10H,11H2,(H,23,26)/b22-10-. The topological polar surface area (TPSA) is 59.3 Å². The molecule has 1 aromatic heterocycles. The number of aromatic nitrogens is 2. The third-order valence-corrected chi connectivity index (χ3v) is 4.27. The van der Waals surface area contributed by atoms with E-state index in [9.17, 15) is 4.79 Å². The second-order valence-corrected chi connectivity index (χ2v) is 6.67. The molecule has 8 heteroatoms. The van der Waals surface area contributed by atoms with Crippen LogP contribution in [0.2, 0.25) is 15.1 Å². The lowest BCUT2D eigenvalue weighted by Crippen LogP contribution is -2.18. The van der Waals surface area contributed by atoms with E-state index < -0.39 is 5.91 Å². The molecule has 0 fully saturated rings. The van der Waals surface area contributed by atoms with Crippen molar-refractivity contribution in [2.24, 2.45) is 5.10 Å². The zero-order valence-electron chi connectivity index (χ0n) is 13.4. The Morgan fingerprint density at radius 3 is 2.69 bits per heavy atom. The smallest absolute Gasteiger partial charge is 0.267 e. The molecule has 3 aromatic rings. The maximum Gasteiger partial charge on any atom is 0.291 e. The fraction of sp³-hybridized carbons (Fsp3) is 0.0556. The van der Waals surface area contributed by atoms with E-state index in [4.69, 9.17) is 34.8 Å². The quantitative estimate of drug-likeness (QED) is 0.494. The van der Waals surface area contributed by atoms with E-state index in [2.05, 4.69) is 15.6 Å². The Morgan fingerprint density at radius 1 is 1.12 bits per heavy atom. The molecule has 1 N–H and O–H groups in total. The summed E-state index contributed by atoms with van der Waals surface area (Å²) in [7, 11) is 0. The van der Waals surface area contributed by atoms with Gasteiger partial charge in [-0.05, 0) is 41.5 Å². The molecule has 0 unspecified atom stereocenters. The molecule has 0 saturated heterocycles. The van der Waals surface area contributed by atoms with Crippen LogP contribution in [0.25, 0.3) is 0 Å². The third-order valence-electron chi connectivity index (χ3n) is 3.45. The van der Waals surface area contributed by atoms with Gasteiger partial charge in [-0.2, -0.15) is 10.2 Å². The summed E-state index contributed by atoms with van der Waals surface area (Å²) in [6, 6.07) is 14.0. The number of carbonyl (C=O) groups excluding carboxylic acids is 1. The monoisotopic (exact) mass is 406 g/mol. The van der Waals surface area contributed by atoms with E-state index >= 15 is 0 Å². The van der Waals surface area contributed by atoms with Gasteiger partial charge in [-0.1, -0.05) is 53.0 Å². The molecule has 0 aliphatic heterocycles. The van der Waals surface area contributed by atoms with Crippen LogP contribution >= 0.6 is 34.8 Å². The lowest BCUT2D eigenvalue weighted by molar-refractivity contribution is 0.0949. The van der Waals surface area contributed by atoms with Crippen LogP contribution in [0.4, 0.5) is 0 Å². The number of hydrogen-bond acceptors (Lipinski definition) is 3. The van der Waals surface area contributed by atoms with Gasteiger partial charge < -0.3 is 0 Å². The van der Waals surface area contributed by atoms with E-state index in [0.717, 1.165) is 11.1 Å². The van der Waals surface area contributed by atoms with Gasteiger partial charge in [0.25, 0.3) is 5.91 Å². The zero-order valence-corrected chi connectivity index (χ0v) is 15.6. The first kappa shape index (κ1) is 18.5. The predicted octanol–water partition coefficient (Wildman–Crippen LogP) is 4.66. The number of nitrogens with one attached hydrogen (secondary N) is 1. The lowest BCUT2D eigenvalue weighted by Gasteiger charge is -2.05. The Balaban J connectivity index is 1.62. The van der Waals surface area contributed by atoms with Crippen molar-refractivity contribution < 1.29 is 4.79 Å². The minimum Gasteiger partial charge on any atom is -0.267 e. The summed E-state index contributed by atoms with van der Waals surface area (Å²) in [5, 5.41) is 9.84. The average molecular weight is 408 g/mol. The molecule has 0 aliphatic rings. The Morgan fingerprint density at radius 2 is 1.92 bits per heavy atom. The van der Waals surface area contributed by atoms with Crippen LogP contribution in [0.3, 0.4) is 0 Å². The van der Waals surface area contributed by atoms with E-state index in [1.807, 2.05) is 12.1 Å². The molecule has 132 valence electrons. The van der Waals surface area contributed by atoms with Gasteiger partial charge >= 0.3 is 0 Å². The number of halogens is 3. The molecular formula is C18H13Cl3N4O. The van der Waals surface area contributed by atoms with Crippen molar-refractivity contribution in [2.45, 2.75) is 6.54 Å². The number of hydrogen-bond donors (Lipinski definition) is 1. The van der Waals surface area contributed by atoms with Gasteiger partial charge in [0.05, 0.1) is 12.8 Å². The molecule has 0 radical (unpaired) electrons. The van der Waals surface area contributed by atoms with E-state index in [-0.39, 0.29) is 5.69 Å². The van der Waals surface area contributed by atoms with Crippen LogP contribution in [-0.2, 0) is 6.54 Å². The molecule has 0 atom stereocenters. The highest BCUT2D eigenvalue weighted by Crippen LogP contribution is 2.21. The van der Waals surface area contributed by atoms with E-state index in [1.54, 1.807) is 47.3 Å². The van der Waals surface area contributed by atoms with Crippen LogP contribution in [0.15, 0.2) is 59.8 Å². The SMILES string of the molecule is O=C(N/N=C\c1cccc(Cl)c1)c1ccn(Cc2ccc(Cl)cc2Cl)n1. The molecule has 0 saturated carbocycles. The predicted molar refractivity (Wildman–Crippen MR) is 104 cm³/mol. The number of benzene rings is 2. The highest BCUT2D eigenvalue weighted by Gasteiger charge is 2.10. The molecule has 1 amide bonds. The van der Waals surface area contributed by atoms with Crippen LogP contribution in [-0.4, -0.2) is 21.9 Å². The Hall–Kier alpha value is -2.34. The van der Waals surface area contributed by atoms with Crippen molar-refractivity contribution in [3.8, 4) is 0 Å². The highest BCUT2D eigenvalue weighted by atomic mass is 35.5. The summed E-state index contributed by atoms with van der Waals surface area (Å²) in [4.78, 5) is 12.1. The number of carbonyl (C=O) groups is 1. The molecular weight excluding hydrogens is 395 g/mol. The largest absolute Gasteiger partial charge is 0.291 e. The van der Waals surface area contributed by atoms with Gasteiger partial charge in [-0.15, -0.1) is 0 Å². The normalized spacial score (nSPS) is 11.0. The highest BCUT2D eigenvalue weighted by molar-refractivity contribution is 6.35. The van der Waals surface area contributed by atoms with Gasteiger partial charge in [0, 0.05) is 21.3 Å². The second-order valence-electron chi connectivity index (χ2n) is 5.39. The Kier molecular flexibility index (Phi) is 5.93. The molecule has 0 aliphatic carbocycles. The van der Waals surface area contributed by atoms with Gasteiger partial charge in [0.1, 0.15) is 0 Å². The van der Waals surface area contributed by atoms with Crippen LogP contribution < -0.4 is 5.43 Å². The van der Waals surface area contributed by atoms with Crippen molar-refractivity contribution in [2.75, 3.05) is 0 Å². The number of nitrogens with zero attached hydrogens (tertiary/aromatic N) is 3. The molecule has 3 rings (SSSR count). The van der Waals surface area contributed by atoms with Crippen LogP contribution in [0.1, 0.15) is 21.6 Å². The van der Waals surface area contributed by atoms with Gasteiger partial charge in [0.15, 0.2) is 5.69 Å². The summed E-state index contributed by atoms with van der Waals surface area (Å²) in [5.74, 6) is -0.413. The van der Waals surface area contributed by atoms with Crippen molar-refractivity contribution in [3.05, 3.63) is 86.6 Å². The maximum absolute atomic E-state index is 12.1. The summed E-state index contributed by atoms with van der Waals surface area (Å²) < 4.78 is 1.62. The minimum atomic E-state index is -0.413. The Bertz CT molecular complexity index is 969. The summed E-state index contributed by atoms with van der Waals surface area (Å²) in [6.45, 7) is 0.426. The van der Waals surface area contributed by atoms with E-state index in [0.29, 0.717) is 21.6 Å². The van der Waals surface area contributed by atoms with Gasteiger partial charge in [-0.25, -0.2) is 5.43 Å². The van der Waals surface area contributed by atoms with Crippen molar-refractivity contribution >= 4 is 46.9 Å². The number of amides is 1. The molecule has 1 heterocycles. The van der Waals surface area contributed by atoms with Gasteiger partial charge in [0.2, 0.25) is 0 Å². The van der Waals surface area contributed by atoms with Crippen molar-refractivity contribution in [1.82, 2.24) is 15.2 Å². The van der Waals surface area contributed by atoms with Crippen LogP contribution in [0.5, 0.6) is 0 Å². The molecule has 0 spiro atoms. The lowest BCUT2D eigenvalue weighted by atomic mass is 10.2. The first-order valence-electron chi connectivity index (χ1n) is 7.57. The number of hydrazone groups is 1. The summed E-state index contributed by atoms with van der Waals surface area (Å²) in [5.41, 5.74) is 4.31. The molecule has 0 bridgehead atoms. The molecule has 26 heavy (non-hydrogen) atoms. The average Bonchev–Trinajstić information content (AvgIpc) is 3.06. The summed E-state index contributed by atoms with van der Waals surface area (Å²) >= 11 is 17.9. The zero-order chi connectivity index (χ0) is 18.5. The third kappa shape index (κ3) is 4.85. The summed E-state index contributed by atoms with van der Waals surface area (Å²) in [6.07, 6.45) is 3.20. The molecule has 2 aromatic carbocycles. The first-order chi connectivity index (χ1) is 12.5. The van der Waals surface area contributed by atoms with Crippen LogP contribution in [0, 0.1) is 0 Å². The Labute approximate surface area is 165 Å². The molecule has 5 nitrogen and oxygen atoms in total.